The number of fused-ring (bicyclic) bond motifs is 1. The average molecular weight is 508 g/mol. The number of carbonyl (C=O) groups is 1. The number of nitrogens with zero attached hydrogens (tertiary/aromatic N) is 2. The Morgan fingerprint density at radius 3 is 2.44 bits per heavy atom. The van der Waals surface area contributed by atoms with Crippen LogP contribution in [0.4, 0.5) is 13.2 Å². The number of ether oxygens (including phenoxy) is 1. The van der Waals surface area contributed by atoms with Crippen molar-refractivity contribution in [1.29, 1.82) is 0 Å². The molecule has 0 radical (unpaired) electrons. The van der Waals surface area contributed by atoms with E-state index in [0.29, 0.717) is 5.00 Å². The van der Waals surface area contributed by atoms with Crippen molar-refractivity contribution in [2.24, 2.45) is 5.73 Å². The summed E-state index contributed by atoms with van der Waals surface area (Å²) in [6.07, 6.45) is -3.88. The highest BCUT2D eigenvalue weighted by molar-refractivity contribution is 7.16. The van der Waals surface area contributed by atoms with Crippen molar-refractivity contribution < 1.29 is 22.7 Å². The van der Waals surface area contributed by atoms with Gasteiger partial charge in [-0.25, -0.2) is 4.98 Å². The Balaban J connectivity index is 1.50. The van der Waals surface area contributed by atoms with Gasteiger partial charge >= 0.3 is 6.18 Å². The number of nitrogens with two attached hydrogens (primary N) is 1. The number of benzene rings is 3. The van der Waals surface area contributed by atoms with Crippen molar-refractivity contribution in [2.45, 2.75) is 19.2 Å². The predicted octanol–water partition coefficient (Wildman–Crippen LogP) is 7.01. The molecule has 0 saturated heterocycles. The highest BCUT2D eigenvalue weighted by atomic mass is 32.1. The van der Waals surface area contributed by atoms with E-state index in [9.17, 15) is 18.0 Å². The van der Waals surface area contributed by atoms with Crippen LogP contribution in [-0.2, 0) is 6.18 Å². The molecule has 0 aliphatic heterocycles. The fourth-order valence-electron chi connectivity index (χ4n) is 4.10. The Labute approximate surface area is 208 Å². The van der Waals surface area contributed by atoms with E-state index in [4.69, 9.17) is 10.5 Å². The van der Waals surface area contributed by atoms with Crippen LogP contribution < -0.4 is 10.5 Å². The molecule has 36 heavy (non-hydrogen) atoms. The second-order valence-corrected chi connectivity index (χ2v) is 9.20. The average Bonchev–Trinajstić information content (AvgIpc) is 3.47. The monoisotopic (exact) mass is 507 g/mol. The van der Waals surface area contributed by atoms with Crippen molar-refractivity contribution in [3.05, 3.63) is 101 Å². The molecule has 0 aliphatic carbocycles. The zero-order valence-corrected chi connectivity index (χ0v) is 19.8. The number of halogens is 3. The summed E-state index contributed by atoms with van der Waals surface area (Å²) in [5.41, 5.74) is 8.38. The number of rotatable bonds is 6. The van der Waals surface area contributed by atoms with Gasteiger partial charge < -0.3 is 10.5 Å². The zero-order valence-electron chi connectivity index (χ0n) is 19.0. The van der Waals surface area contributed by atoms with Gasteiger partial charge in [-0.2, -0.15) is 13.2 Å². The number of alkyl halides is 3. The molecule has 0 bridgehead atoms. The molecule has 2 aromatic heterocycles. The lowest BCUT2D eigenvalue weighted by molar-refractivity contribution is -0.138. The molecule has 0 aliphatic rings. The van der Waals surface area contributed by atoms with E-state index in [2.05, 4.69) is 4.98 Å². The van der Waals surface area contributed by atoms with Crippen molar-refractivity contribution in [3.63, 3.8) is 0 Å². The van der Waals surface area contributed by atoms with Gasteiger partial charge in [-0.15, -0.1) is 11.3 Å². The van der Waals surface area contributed by atoms with E-state index in [1.165, 1.54) is 25.1 Å². The number of carbonyl (C=O) groups excluding carboxylic acids is 1. The van der Waals surface area contributed by atoms with E-state index in [1.807, 2.05) is 48.5 Å². The Hall–Kier alpha value is -4.11. The minimum absolute atomic E-state index is 0.0327. The molecule has 0 saturated carbocycles. The number of amides is 1. The van der Waals surface area contributed by atoms with Crippen LogP contribution in [0.15, 0.2) is 85.2 Å². The summed E-state index contributed by atoms with van der Waals surface area (Å²) in [7, 11) is 0. The predicted molar refractivity (Wildman–Crippen MR) is 133 cm³/mol. The summed E-state index contributed by atoms with van der Waals surface area (Å²) < 4.78 is 48.1. The van der Waals surface area contributed by atoms with Gasteiger partial charge in [0.25, 0.3) is 5.91 Å². The van der Waals surface area contributed by atoms with Crippen LogP contribution in [0.25, 0.3) is 27.2 Å². The third kappa shape index (κ3) is 4.45. The summed E-state index contributed by atoms with van der Waals surface area (Å²) in [6, 6.07) is 22.6. The lowest BCUT2D eigenvalue weighted by Gasteiger charge is -2.19. The molecule has 0 fully saturated rings. The second-order valence-electron chi connectivity index (χ2n) is 8.17. The van der Waals surface area contributed by atoms with Crippen LogP contribution in [0, 0.1) is 0 Å². The topological polar surface area (TPSA) is 70.1 Å². The van der Waals surface area contributed by atoms with Crippen LogP contribution in [0.5, 0.6) is 5.75 Å². The lowest BCUT2D eigenvalue weighted by Crippen LogP contribution is -2.15. The Bertz CT molecular complexity index is 1560. The molecule has 0 unspecified atom stereocenters. The molecular formula is C27H20F3N3O2S. The molecule has 5 nitrogen and oxygen atoms in total. The minimum atomic E-state index is -4.53. The summed E-state index contributed by atoms with van der Waals surface area (Å²) in [5.74, 6) is -0.608. The third-order valence-corrected chi connectivity index (χ3v) is 6.94. The van der Waals surface area contributed by atoms with Crippen LogP contribution in [0.2, 0.25) is 0 Å². The van der Waals surface area contributed by atoms with Crippen molar-refractivity contribution >= 4 is 28.3 Å². The van der Waals surface area contributed by atoms with E-state index in [-0.39, 0.29) is 16.2 Å². The molecule has 182 valence electrons. The highest BCUT2D eigenvalue weighted by Crippen LogP contribution is 2.39. The summed E-state index contributed by atoms with van der Waals surface area (Å²) in [4.78, 5) is 16.8. The maximum atomic E-state index is 13.5. The van der Waals surface area contributed by atoms with Gasteiger partial charge in [0, 0.05) is 11.6 Å². The van der Waals surface area contributed by atoms with E-state index in [1.54, 1.807) is 17.0 Å². The SMILES string of the molecule is C[C@@H](Oc1cc(-n2cnc3cc(-c4ccccc4)ccc32)sc1C(N)=O)c1ccccc1C(F)(F)F. The highest BCUT2D eigenvalue weighted by Gasteiger charge is 2.35. The standard InChI is InChI=1S/C27H20F3N3O2S/c1-16(19-9-5-6-10-20(19)27(28,29)30)35-23-14-24(36-25(23)26(31)34)33-15-32-21-13-18(11-12-22(21)33)17-7-3-2-4-8-17/h2-16H,1H3,(H2,31,34)/t16-/m1/s1. The van der Waals surface area contributed by atoms with Gasteiger partial charge in [-0.05, 0) is 36.2 Å². The van der Waals surface area contributed by atoms with Crippen LogP contribution in [0.3, 0.4) is 0 Å². The van der Waals surface area contributed by atoms with E-state index in [0.717, 1.165) is 39.6 Å². The zero-order chi connectivity index (χ0) is 25.4. The number of aromatic nitrogens is 2. The summed E-state index contributed by atoms with van der Waals surface area (Å²) >= 11 is 1.09. The number of hydrogen-bond donors (Lipinski definition) is 1. The van der Waals surface area contributed by atoms with E-state index >= 15 is 0 Å². The summed E-state index contributed by atoms with van der Waals surface area (Å²) in [6.45, 7) is 1.50. The molecule has 5 rings (SSSR count). The fraction of sp³-hybridized carbons (Fsp3) is 0.111. The first-order valence-corrected chi connectivity index (χ1v) is 11.8. The Kier molecular flexibility index (Phi) is 6.01. The lowest BCUT2D eigenvalue weighted by atomic mass is 10.0. The van der Waals surface area contributed by atoms with Gasteiger partial charge in [0.2, 0.25) is 0 Å². The molecule has 5 aromatic rings. The molecular weight excluding hydrogens is 487 g/mol. The molecule has 1 amide bonds. The smallest absolute Gasteiger partial charge is 0.416 e. The maximum absolute atomic E-state index is 13.5. The Morgan fingerprint density at radius 1 is 1.00 bits per heavy atom. The number of imidazole rings is 1. The van der Waals surface area contributed by atoms with Gasteiger partial charge in [-0.3, -0.25) is 9.36 Å². The molecule has 9 heteroatoms. The van der Waals surface area contributed by atoms with Gasteiger partial charge in [0.15, 0.2) is 0 Å². The van der Waals surface area contributed by atoms with Gasteiger partial charge in [0.05, 0.1) is 16.6 Å². The molecule has 1 atom stereocenters. The van der Waals surface area contributed by atoms with Crippen LogP contribution in [-0.4, -0.2) is 15.5 Å². The fourth-order valence-corrected chi connectivity index (χ4v) is 5.03. The van der Waals surface area contributed by atoms with Crippen molar-refractivity contribution in [3.8, 4) is 21.9 Å². The summed E-state index contributed by atoms with van der Waals surface area (Å²) in [5, 5.41) is 0.602. The number of primary amides is 1. The minimum Gasteiger partial charge on any atom is -0.484 e. The first-order valence-electron chi connectivity index (χ1n) is 11.0. The van der Waals surface area contributed by atoms with Crippen LogP contribution in [0.1, 0.15) is 33.8 Å². The van der Waals surface area contributed by atoms with Gasteiger partial charge in [0.1, 0.15) is 28.1 Å². The van der Waals surface area contributed by atoms with Crippen molar-refractivity contribution in [2.75, 3.05) is 0 Å². The molecule has 2 heterocycles. The van der Waals surface area contributed by atoms with Gasteiger partial charge in [-0.1, -0.05) is 54.6 Å². The first-order chi connectivity index (χ1) is 17.2. The largest absolute Gasteiger partial charge is 0.484 e. The quantitative estimate of drug-likeness (QED) is 0.269. The van der Waals surface area contributed by atoms with E-state index < -0.39 is 23.8 Å². The third-order valence-electron chi connectivity index (χ3n) is 5.81. The number of hydrogen-bond acceptors (Lipinski definition) is 4. The number of thiophene rings is 1. The van der Waals surface area contributed by atoms with Crippen LogP contribution >= 0.6 is 11.3 Å². The molecule has 0 spiro atoms. The second kappa shape index (κ2) is 9.16. The van der Waals surface area contributed by atoms with Crippen molar-refractivity contribution in [1.82, 2.24) is 9.55 Å². The molecule has 2 N–H and O–H groups in total. The maximum Gasteiger partial charge on any atom is 0.416 e. The normalized spacial score (nSPS) is 12.6. The Morgan fingerprint density at radius 2 is 1.72 bits per heavy atom. The first kappa shape index (κ1) is 23.6. The molecule has 3 aromatic carbocycles.